The minimum atomic E-state index is -2.76. The highest BCUT2D eigenvalue weighted by atomic mass is 28.4. The monoisotopic (exact) mass is 247 g/mol. The highest BCUT2D eigenvalue weighted by molar-refractivity contribution is 6.63. The van der Waals surface area contributed by atoms with E-state index in [9.17, 15) is 9.59 Å². The van der Waals surface area contributed by atoms with Crippen molar-refractivity contribution in [2.24, 2.45) is 5.73 Å². The summed E-state index contributed by atoms with van der Waals surface area (Å²) in [5.41, 5.74) is 5.42. The zero-order valence-electron chi connectivity index (χ0n) is 10.7. The molecular weight excluding hydrogens is 218 g/mol. The van der Waals surface area contributed by atoms with Crippen LogP contribution in [0.1, 0.15) is 57.8 Å². The van der Waals surface area contributed by atoms with Crippen LogP contribution in [-0.2, 0) is 0 Å². The van der Waals surface area contributed by atoms with Gasteiger partial charge in [-0.15, -0.1) is 0 Å². The number of unbranched alkanes of at least 4 members (excludes halogenated alkanes) is 8. The van der Waals surface area contributed by atoms with Crippen molar-refractivity contribution in [3.8, 4) is 0 Å². The average Bonchev–Trinajstić information content (AvgIpc) is 2.19. The lowest BCUT2D eigenvalue weighted by atomic mass is 10.1. The molecule has 0 radical (unpaired) electrons. The van der Waals surface area contributed by atoms with Crippen molar-refractivity contribution in [1.29, 1.82) is 0 Å². The van der Waals surface area contributed by atoms with Gasteiger partial charge in [-0.3, -0.25) is 0 Å². The Morgan fingerprint density at radius 2 is 1.12 bits per heavy atom. The van der Waals surface area contributed by atoms with E-state index in [4.69, 9.17) is 5.73 Å². The molecule has 0 aliphatic heterocycles. The fourth-order valence-corrected chi connectivity index (χ4v) is 2.76. The van der Waals surface area contributed by atoms with Gasteiger partial charge in [-0.25, -0.2) is 0 Å². The molecule has 0 atom stereocenters. The lowest BCUT2D eigenvalue weighted by Gasteiger charge is -2.10. The molecule has 0 aromatic heterocycles. The van der Waals surface area contributed by atoms with Gasteiger partial charge >= 0.3 is 8.56 Å². The Balaban J connectivity index is 2.99. The van der Waals surface area contributed by atoms with Gasteiger partial charge in [0.2, 0.25) is 0 Å². The first kappa shape index (κ1) is 16.1. The maximum atomic E-state index is 9.23. The molecule has 0 aliphatic carbocycles. The number of hydrogen-bond acceptors (Lipinski definition) is 3. The topological polar surface area (TPSA) is 66.5 Å². The van der Waals surface area contributed by atoms with E-state index in [1.165, 1.54) is 38.5 Å². The summed E-state index contributed by atoms with van der Waals surface area (Å²) in [5, 5.41) is 0. The summed E-state index contributed by atoms with van der Waals surface area (Å²) >= 11 is 0. The Bertz CT molecular complexity index is 148. The van der Waals surface area contributed by atoms with Gasteiger partial charge in [0.25, 0.3) is 0 Å². The number of nitrogens with two attached hydrogens (primary N) is 1. The minimum absolute atomic E-state index is 0.628. The fraction of sp³-hybridized carbons (Fsp3) is 1.00. The molecule has 0 unspecified atom stereocenters. The molecule has 0 fully saturated rings. The second kappa shape index (κ2) is 10.3. The molecule has 0 saturated heterocycles. The van der Waals surface area contributed by atoms with Crippen LogP contribution in [0.25, 0.3) is 0 Å². The van der Waals surface area contributed by atoms with Crippen molar-refractivity contribution in [1.82, 2.24) is 0 Å². The molecule has 98 valence electrons. The van der Waals surface area contributed by atoms with Crippen LogP contribution in [0.3, 0.4) is 0 Å². The van der Waals surface area contributed by atoms with Gasteiger partial charge in [0.1, 0.15) is 0 Å². The molecule has 0 saturated carbocycles. The first-order valence-electron chi connectivity index (χ1n) is 6.71. The van der Waals surface area contributed by atoms with E-state index in [1.54, 1.807) is 6.55 Å². The molecule has 0 rings (SSSR count). The van der Waals surface area contributed by atoms with Crippen molar-refractivity contribution in [3.63, 3.8) is 0 Å². The molecule has 0 bridgehead atoms. The summed E-state index contributed by atoms with van der Waals surface area (Å²) in [5.74, 6) is 0. The number of rotatable bonds is 11. The Kier molecular flexibility index (Phi) is 10.3. The van der Waals surface area contributed by atoms with E-state index in [2.05, 4.69) is 0 Å². The average molecular weight is 247 g/mol. The van der Waals surface area contributed by atoms with E-state index in [0.29, 0.717) is 6.04 Å². The molecular formula is C12H29NO2Si. The molecule has 3 nitrogen and oxygen atoms in total. The van der Waals surface area contributed by atoms with E-state index in [1.807, 2.05) is 0 Å². The molecule has 0 spiro atoms. The van der Waals surface area contributed by atoms with Gasteiger partial charge in [0.05, 0.1) is 0 Å². The van der Waals surface area contributed by atoms with Crippen molar-refractivity contribution in [3.05, 3.63) is 0 Å². The maximum absolute atomic E-state index is 9.23. The first-order valence-corrected chi connectivity index (χ1v) is 9.31. The molecule has 0 heterocycles. The van der Waals surface area contributed by atoms with Crippen LogP contribution in [-0.4, -0.2) is 24.7 Å². The lowest BCUT2D eigenvalue weighted by Crippen LogP contribution is -2.29. The predicted octanol–water partition coefficient (Wildman–Crippen LogP) is 2.51. The zero-order chi connectivity index (χ0) is 12.3. The second-order valence-electron chi connectivity index (χ2n) is 4.94. The lowest BCUT2D eigenvalue weighted by molar-refractivity contribution is 0.366. The Morgan fingerprint density at radius 3 is 1.50 bits per heavy atom. The van der Waals surface area contributed by atoms with E-state index in [0.717, 1.165) is 25.8 Å². The molecule has 0 aliphatic rings. The van der Waals surface area contributed by atoms with Gasteiger partial charge < -0.3 is 15.3 Å². The van der Waals surface area contributed by atoms with Gasteiger partial charge in [0, 0.05) is 0 Å². The van der Waals surface area contributed by atoms with Crippen molar-refractivity contribution in [2.75, 3.05) is 6.54 Å². The van der Waals surface area contributed by atoms with E-state index in [-0.39, 0.29) is 0 Å². The molecule has 4 heteroatoms. The Labute approximate surface area is 101 Å². The molecule has 0 aromatic rings. The normalized spacial score (nSPS) is 12.0. The van der Waals surface area contributed by atoms with Gasteiger partial charge in [0.15, 0.2) is 0 Å². The highest BCUT2D eigenvalue weighted by Crippen LogP contribution is 2.13. The molecule has 0 amide bonds. The van der Waals surface area contributed by atoms with E-state index < -0.39 is 8.56 Å². The third-order valence-corrected chi connectivity index (χ3v) is 4.16. The minimum Gasteiger partial charge on any atom is -0.411 e. The smallest absolute Gasteiger partial charge is 0.329 e. The van der Waals surface area contributed by atoms with Crippen LogP contribution in [0, 0.1) is 0 Å². The quantitative estimate of drug-likeness (QED) is 0.388. The summed E-state index contributed by atoms with van der Waals surface area (Å²) < 4.78 is 0. The summed E-state index contributed by atoms with van der Waals surface area (Å²) in [6, 6.07) is 0.628. The van der Waals surface area contributed by atoms with Gasteiger partial charge in [-0.1, -0.05) is 51.4 Å². The molecule has 4 N–H and O–H groups in total. The summed E-state index contributed by atoms with van der Waals surface area (Å²) in [6.07, 6.45) is 11.0. The Morgan fingerprint density at radius 1 is 0.750 bits per heavy atom. The van der Waals surface area contributed by atoms with Crippen LogP contribution >= 0.6 is 0 Å². The second-order valence-corrected chi connectivity index (χ2v) is 7.87. The van der Waals surface area contributed by atoms with Crippen LogP contribution in [0.5, 0.6) is 0 Å². The zero-order valence-corrected chi connectivity index (χ0v) is 11.7. The molecule has 0 aromatic carbocycles. The van der Waals surface area contributed by atoms with Gasteiger partial charge in [-0.05, 0) is 25.6 Å². The fourth-order valence-electron chi connectivity index (χ4n) is 1.84. The van der Waals surface area contributed by atoms with Crippen molar-refractivity contribution in [2.45, 2.75) is 70.4 Å². The summed E-state index contributed by atoms with van der Waals surface area (Å²) in [4.78, 5) is 18.5. The SMILES string of the molecule is C[Si](O)(O)CCCCCCCCCCCN. The Hall–Kier alpha value is 0.0969. The first-order chi connectivity index (χ1) is 7.56. The van der Waals surface area contributed by atoms with Crippen molar-refractivity contribution < 1.29 is 9.59 Å². The highest BCUT2D eigenvalue weighted by Gasteiger charge is 2.19. The van der Waals surface area contributed by atoms with Crippen LogP contribution in [0.15, 0.2) is 0 Å². The largest absolute Gasteiger partial charge is 0.411 e. The molecule has 16 heavy (non-hydrogen) atoms. The summed E-state index contributed by atoms with van der Waals surface area (Å²) in [6.45, 7) is 2.41. The third-order valence-electron chi connectivity index (χ3n) is 2.85. The standard InChI is InChI=1S/C12H29NO2Si/c1-16(14,15)12-10-8-6-4-2-3-5-7-9-11-13/h14-15H,2-13H2,1H3. The van der Waals surface area contributed by atoms with Crippen LogP contribution in [0.2, 0.25) is 12.6 Å². The van der Waals surface area contributed by atoms with Crippen LogP contribution in [0.4, 0.5) is 0 Å². The predicted molar refractivity (Wildman–Crippen MR) is 71.5 cm³/mol. The van der Waals surface area contributed by atoms with Crippen molar-refractivity contribution >= 4 is 8.56 Å². The van der Waals surface area contributed by atoms with E-state index >= 15 is 0 Å². The third kappa shape index (κ3) is 14.1. The summed E-state index contributed by atoms with van der Waals surface area (Å²) in [7, 11) is -2.76. The maximum Gasteiger partial charge on any atom is 0.329 e. The van der Waals surface area contributed by atoms with Gasteiger partial charge in [-0.2, -0.15) is 0 Å². The van der Waals surface area contributed by atoms with Crippen LogP contribution < -0.4 is 5.73 Å². The number of hydrogen-bond donors (Lipinski definition) is 3.